The molecule has 0 saturated heterocycles. The van der Waals surface area contributed by atoms with Crippen LogP contribution in [0.2, 0.25) is 0 Å². The number of hydrogen-bond acceptors (Lipinski definition) is 6. The summed E-state index contributed by atoms with van der Waals surface area (Å²) in [4.78, 5) is 23.0. The molecule has 1 aromatic carbocycles. The fourth-order valence-corrected chi connectivity index (χ4v) is 1.63. The van der Waals surface area contributed by atoms with Crippen molar-refractivity contribution in [3.8, 4) is 0 Å². The van der Waals surface area contributed by atoms with Gasteiger partial charge >= 0.3 is 5.97 Å². The minimum absolute atomic E-state index is 0.0625. The van der Waals surface area contributed by atoms with Crippen molar-refractivity contribution in [2.45, 2.75) is 26.4 Å². The van der Waals surface area contributed by atoms with E-state index in [1.165, 1.54) is 0 Å². The molecule has 0 bridgehead atoms. The molecular formula is C15H19NO5. The van der Waals surface area contributed by atoms with Crippen LogP contribution in [-0.2, 0) is 25.7 Å². The second-order valence-electron chi connectivity index (χ2n) is 4.23. The summed E-state index contributed by atoms with van der Waals surface area (Å²) >= 11 is 0. The first-order valence-corrected chi connectivity index (χ1v) is 6.73. The van der Waals surface area contributed by atoms with Gasteiger partial charge in [0.2, 0.25) is 5.71 Å². The Morgan fingerprint density at radius 1 is 1.24 bits per heavy atom. The van der Waals surface area contributed by atoms with Gasteiger partial charge in [0.25, 0.3) is 0 Å². The van der Waals surface area contributed by atoms with Crippen LogP contribution in [0, 0.1) is 0 Å². The molecule has 0 radical (unpaired) electrons. The van der Waals surface area contributed by atoms with Gasteiger partial charge in [0.05, 0.1) is 13.2 Å². The second-order valence-corrected chi connectivity index (χ2v) is 4.23. The lowest BCUT2D eigenvalue weighted by Gasteiger charge is -2.05. The van der Waals surface area contributed by atoms with Gasteiger partial charge in [-0.2, -0.15) is 0 Å². The monoisotopic (exact) mass is 293 g/mol. The van der Waals surface area contributed by atoms with Crippen LogP contribution in [0.5, 0.6) is 0 Å². The lowest BCUT2D eigenvalue weighted by molar-refractivity contribution is -0.136. The Bertz CT molecular complexity index is 484. The number of nitrogens with zero attached hydrogens (tertiary/aromatic N) is 1. The molecule has 0 aliphatic carbocycles. The maximum absolute atomic E-state index is 11.7. The van der Waals surface area contributed by atoms with Crippen LogP contribution in [-0.4, -0.2) is 35.9 Å². The van der Waals surface area contributed by atoms with Gasteiger partial charge < -0.3 is 14.7 Å². The van der Waals surface area contributed by atoms with E-state index in [9.17, 15) is 9.59 Å². The van der Waals surface area contributed by atoms with Crippen LogP contribution in [0.15, 0.2) is 35.5 Å². The summed E-state index contributed by atoms with van der Waals surface area (Å²) in [6, 6.07) is 9.66. The Hall–Kier alpha value is -2.21. The Morgan fingerprint density at radius 3 is 2.57 bits per heavy atom. The molecule has 1 aromatic rings. The van der Waals surface area contributed by atoms with Crippen LogP contribution in [0.1, 0.15) is 25.3 Å². The molecule has 0 aliphatic rings. The van der Waals surface area contributed by atoms with Crippen LogP contribution in [0.25, 0.3) is 0 Å². The third-order valence-electron chi connectivity index (χ3n) is 2.64. The molecule has 0 amide bonds. The van der Waals surface area contributed by atoms with E-state index in [1.807, 2.05) is 30.3 Å². The second kappa shape index (κ2) is 9.66. The highest BCUT2D eigenvalue weighted by atomic mass is 16.5. The molecule has 1 N–H and O–H groups in total. The predicted octanol–water partition coefficient (Wildman–Crippen LogP) is 1.95. The molecule has 21 heavy (non-hydrogen) atoms. The highest BCUT2D eigenvalue weighted by molar-refractivity contribution is 6.64. The van der Waals surface area contributed by atoms with Crippen LogP contribution >= 0.6 is 0 Å². The predicted molar refractivity (Wildman–Crippen MR) is 76.2 cm³/mol. The molecule has 0 saturated carbocycles. The number of benzene rings is 1. The maximum atomic E-state index is 11.7. The average molecular weight is 293 g/mol. The smallest absolute Gasteiger partial charge is 0.364 e. The summed E-state index contributed by atoms with van der Waals surface area (Å²) < 4.78 is 10.0. The van der Waals surface area contributed by atoms with E-state index in [-0.39, 0.29) is 13.0 Å². The van der Waals surface area contributed by atoms with Crippen LogP contribution in [0.4, 0.5) is 0 Å². The zero-order chi connectivity index (χ0) is 15.5. The Labute approximate surface area is 123 Å². The van der Waals surface area contributed by atoms with Gasteiger partial charge in [0.1, 0.15) is 0 Å². The van der Waals surface area contributed by atoms with Crippen molar-refractivity contribution < 1.29 is 24.3 Å². The van der Waals surface area contributed by atoms with E-state index in [4.69, 9.17) is 9.94 Å². The van der Waals surface area contributed by atoms with Gasteiger partial charge in [-0.1, -0.05) is 35.5 Å². The van der Waals surface area contributed by atoms with Crippen molar-refractivity contribution in [1.82, 2.24) is 0 Å². The summed E-state index contributed by atoms with van der Waals surface area (Å²) in [6.45, 7) is 2.57. The van der Waals surface area contributed by atoms with E-state index in [0.29, 0.717) is 19.6 Å². The number of ketones is 1. The van der Waals surface area contributed by atoms with Crippen LogP contribution in [0.3, 0.4) is 0 Å². The number of rotatable bonds is 9. The van der Waals surface area contributed by atoms with Crippen molar-refractivity contribution in [3.05, 3.63) is 35.9 Å². The van der Waals surface area contributed by atoms with Crippen molar-refractivity contribution in [2.24, 2.45) is 5.16 Å². The summed E-state index contributed by atoms with van der Waals surface area (Å²) in [6.07, 6.45) is 0.497. The maximum Gasteiger partial charge on any atom is 0.364 e. The van der Waals surface area contributed by atoms with Gasteiger partial charge in [-0.25, -0.2) is 4.79 Å². The van der Waals surface area contributed by atoms with Crippen molar-refractivity contribution in [1.29, 1.82) is 0 Å². The molecule has 0 fully saturated rings. The van der Waals surface area contributed by atoms with E-state index in [0.717, 1.165) is 5.56 Å². The minimum atomic E-state index is -0.907. The third-order valence-corrected chi connectivity index (χ3v) is 2.64. The SMILES string of the molecule is CCOC(=O)/C(=N\O)C(=O)CCCOCc1ccccc1. The van der Waals surface area contributed by atoms with Gasteiger partial charge in [0.15, 0.2) is 5.78 Å². The molecule has 114 valence electrons. The van der Waals surface area contributed by atoms with Crippen molar-refractivity contribution in [2.75, 3.05) is 13.2 Å². The topological polar surface area (TPSA) is 85.2 Å². The lowest BCUT2D eigenvalue weighted by atomic mass is 10.1. The standard InChI is InChI=1S/C15H19NO5/c1-2-21-15(18)14(16-19)13(17)9-6-10-20-11-12-7-4-3-5-8-12/h3-5,7-8,19H,2,6,9-11H2,1H3/b16-14-. The molecule has 6 heteroatoms. The number of oxime groups is 1. The summed E-state index contributed by atoms with van der Waals surface area (Å²) in [7, 11) is 0. The number of ether oxygens (including phenoxy) is 2. The zero-order valence-corrected chi connectivity index (χ0v) is 11.9. The van der Waals surface area contributed by atoms with Crippen LogP contribution < -0.4 is 0 Å². The molecule has 0 aliphatic heterocycles. The average Bonchev–Trinajstić information content (AvgIpc) is 2.49. The van der Waals surface area contributed by atoms with E-state index >= 15 is 0 Å². The van der Waals surface area contributed by atoms with E-state index in [1.54, 1.807) is 6.92 Å². The molecule has 0 spiro atoms. The number of Topliss-reactive ketones (excluding diaryl/α,β-unsaturated/α-hetero) is 1. The first-order chi connectivity index (χ1) is 10.2. The number of hydrogen-bond donors (Lipinski definition) is 1. The zero-order valence-electron chi connectivity index (χ0n) is 11.9. The number of esters is 1. The molecule has 0 unspecified atom stereocenters. The van der Waals surface area contributed by atoms with E-state index < -0.39 is 17.5 Å². The fraction of sp³-hybridized carbons (Fsp3) is 0.400. The van der Waals surface area contributed by atoms with Crippen molar-refractivity contribution >= 4 is 17.5 Å². The fourth-order valence-electron chi connectivity index (χ4n) is 1.63. The van der Waals surface area contributed by atoms with Gasteiger partial charge in [-0.15, -0.1) is 0 Å². The molecular weight excluding hydrogens is 274 g/mol. The molecule has 0 atom stereocenters. The largest absolute Gasteiger partial charge is 0.461 e. The highest BCUT2D eigenvalue weighted by Crippen LogP contribution is 2.02. The summed E-state index contributed by atoms with van der Waals surface area (Å²) in [5.41, 5.74) is 0.480. The highest BCUT2D eigenvalue weighted by Gasteiger charge is 2.21. The van der Waals surface area contributed by atoms with E-state index in [2.05, 4.69) is 9.89 Å². The first kappa shape index (κ1) is 16.8. The minimum Gasteiger partial charge on any atom is -0.461 e. The number of carbonyl (C=O) groups is 2. The van der Waals surface area contributed by atoms with Crippen molar-refractivity contribution in [3.63, 3.8) is 0 Å². The van der Waals surface area contributed by atoms with Gasteiger partial charge in [-0.3, -0.25) is 4.79 Å². The van der Waals surface area contributed by atoms with Gasteiger partial charge in [0, 0.05) is 13.0 Å². The third kappa shape index (κ3) is 6.18. The first-order valence-electron chi connectivity index (χ1n) is 6.73. The number of carbonyl (C=O) groups excluding carboxylic acids is 2. The molecule has 6 nitrogen and oxygen atoms in total. The Balaban J connectivity index is 2.25. The normalized spacial score (nSPS) is 11.2. The summed E-state index contributed by atoms with van der Waals surface area (Å²) in [5.74, 6) is -1.46. The molecule has 1 rings (SSSR count). The Kier molecular flexibility index (Phi) is 7.74. The quantitative estimate of drug-likeness (QED) is 0.188. The molecule has 0 aromatic heterocycles. The van der Waals surface area contributed by atoms with Gasteiger partial charge in [-0.05, 0) is 18.9 Å². The Morgan fingerprint density at radius 2 is 1.95 bits per heavy atom. The molecule has 0 heterocycles. The summed E-state index contributed by atoms with van der Waals surface area (Å²) in [5, 5.41) is 11.4. The lowest BCUT2D eigenvalue weighted by Crippen LogP contribution is -2.26.